The first-order chi connectivity index (χ1) is 22.5. The van der Waals surface area contributed by atoms with Crippen molar-refractivity contribution in [1.82, 2.24) is 0 Å². The molecule has 0 radical (unpaired) electrons. The number of benzene rings is 4. The Kier molecular flexibility index (Phi) is 8.78. The van der Waals surface area contributed by atoms with Crippen LogP contribution in [0.5, 0.6) is 0 Å². The first-order valence-corrected chi connectivity index (χ1v) is 18.0. The van der Waals surface area contributed by atoms with Crippen LogP contribution in [0.3, 0.4) is 0 Å². The van der Waals surface area contributed by atoms with Crippen molar-refractivity contribution in [1.29, 1.82) is 0 Å². The lowest BCUT2D eigenvalue weighted by molar-refractivity contribution is 0.407. The van der Waals surface area contributed by atoms with Gasteiger partial charge in [-0.1, -0.05) is 91.7 Å². The van der Waals surface area contributed by atoms with Gasteiger partial charge < -0.3 is 4.90 Å². The van der Waals surface area contributed by atoms with Crippen molar-refractivity contribution >= 4 is 5.69 Å². The largest absolute Gasteiger partial charge is 0.346 e. The van der Waals surface area contributed by atoms with Gasteiger partial charge >= 0.3 is 0 Å². The lowest BCUT2D eigenvalue weighted by atomic mass is 9.70. The third-order valence-electron chi connectivity index (χ3n) is 11.4. The molecule has 7 rings (SSSR count). The van der Waals surface area contributed by atoms with E-state index in [4.69, 9.17) is 0 Å². The van der Waals surface area contributed by atoms with Crippen LogP contribution in [0.1, 0.15) is 102 Å². The molecule has 3 aliphatic rings. The van der Waals surface area contributed by atoms with Crippen molar-refractivity contribution in [3.63, 3.8) is 0 Å². The zero-order valence-electron chi connectivity index (χ0n) is 28.4. The molecule has 0 N–H and O–H groups in total. The van der Waals surface area contributed by atoms with Crippen LogP contribution in [-0.4, -0.2) is 6.54 Å². The van der Waals surface area contributed by atoms with Crippen LogP contribution < -0.4 is 4.90 Å². The normalized spacial score (nSPS) is 15.2. The van der Waals surface area contributed by atoms with Crippen LogP contribution in [0.15, 0.2) is 97.2 Å². The average Bonchev–Trinajstić information content (AvgIpc) is 3.28. The van der Waals surface area contributed by atoms with E-state index < -0.39 is 0 Å². The molecule has 0 aliphatic heterocycles. The van der Waals surface area contributed by atoms with E-state index >= 15 is 0 Å². The third kappa shape index (κ3) is 5.79. The summed E-state index contributed by atoms with van der Waals surface area (Å²) in [7, 11) is 0. The minimum Gasteiger partial charge on any atom is -0.346 e. The van der Waals surface area contributed by atoms with Crippen LogP contribution in [0.25, 0.3) is 11.1 Å². The predicted octanol–water partition coefficient (Wildman–Crippen LogP) is 11.2. The van der Waals surface area contributed by atoms with Gasteiger partial charge in [0.2, 0.25) is 0 Å². The molecule has 0 bridgehead atoms. The third-order valence-corrected chi connectivity index (χ3v) is 11.4. The van der Waals surface area contributed by atoms with E-state index in [2.05, 4.69) is 111 Å². The summed E-state index contributed by atoms with van der Waals surface area (Å²) in [6, 6.07) is 29.1. The maximum absolute atomic E-state index is 3.98. The molecule has 0 unspecified atom stereocenters. The maximum atomic E-state index is 3.98. The molecular weight excluding hydrogens is 555 g/mol. The fourth-order valence-corrected chi connectivity index (χ4v) is 8.64. The molecule has 0 fully saturated rings. The van der Waals surface area contributed by atoms with E-state index in [9.17, 15) is 0 Å². The maximum Gasteiger partial charge on any atom is 0.0411 e. The number of unbranched alkanes of at least 4 members (excludes halogenated alkanes) is 2. The SMILES string of the molecule is C=C/C=C(\C)N(CC)c1ccc2c(c1)C(CCCCc1ccc3c(c1)CC3)(CCCCc1ccc3c(c1)CC3)c1cc(C)ccc1-2. The highest BCUT2D eigenvalue weighted by Crippen LogP contribution is 2.55. The van der Waals surface area contributed by atoms with Gasteiger partial charge in [-0.3, -0.25) is 0 Å². The van der Waals surface area contributed by atoms with Crippen LogP contribution in [0.2, 0.25) is 0 Å². The Morgan fingerprint density at radius 2 is 1.26 bits per heavy atom. The van der Waals surface area contributed by atoms with Crippen LogP contribution in [0.4, 0.5) is 5.69 Å². The topological polar surface area (TPSA) is 3.24 Å². The number of aryl methyl sites for hydroxylation is 7. The molecule has 1 heteroatoms. The van der Waals surface area contributed by atoms with E-state index in [0.29, 0.717) is 0 Å². The Hall–Kier alpha value is -3.84. The van der Waals surface area contributed by atoms with Crippen molar-refractivity contribution in [3.8, 4) is 11.1 Å². The van der Waals surface area contributed by atoms with Crippen molar-refractivity contribution < 1.29 is 0 Å². The number of fused-ring (bicyclic) bond motifs is 5. The zero-order valence-corrected chi connectivity index (χ0v) is 28.4. The van der Waals surface area contributed by atoms with E-state index in [1.165, 1.54) is 116 Å². The predicted molar refractivity (Wildman–Crippen MR) is 197 cm³/mol. The van der Waals surface area contributed by atoms with Crippen molar-refractivity contribution in [2.45, 2.75) is 103 Å². The van der Waals surface area contributed by atoms with Crippen molar-refractivity contribution in [2.24, 2.45) is 0 Å². The summed E-state index contributed by atoms with van der Waals surface area (Å²) in [4.78, 5) is 2.44. The van der Waals surface area contributed by atoms with Gasteiger partial charge in [-0.2, -0.15) is 0 Å². The second-order valence-electron chi connectivity index (χ2n) is 14.3. The fraction of sp³-hybridized carbons (Fsp3) is 0.378. The highest BCUT2D eigenvalue weighted by molar-refractivity contribution is 5.83. The molecule has 0 heterocycles. The van der Waals surface area contributed by atoms with Gasteiger partial charge in [0.05, 0.1) is 0 Å². The lowest BCUT2D eigenvalue weighted by Gasteiger charge is -2.34. The van der Waals surface area contributed by atoms with Gasteiger partial charge in [0.25, 0.3) is 0 Å². The monoisotopic (exact) mass is 605 g/mol. The number of rotatable bonds is 14. The van der Waals surface area contributed by atoms with Gasteiger partial charge in [0.1, 0.15) is 0 Å². The Bertz CT molecular complexity index is 1720. The first kappa shape index (κ1) is 30.8. The van der Waals surface area contributed by atoms with E-state index in [0.717, 1.165) is 6.54 Å². The highest BCUT2D eigenvalue weighted by atomic mass is 15.1. The minimum atomic E-state index is 0.0447. The molecule has 4 aromatic carbocycles. The molecule has 46 heavy (non-hydrogen) atoms. The molecule has 4 aromatic rings. The number of hydrogen-bond acceptors (Lipinski definition) is 1. The van der Waals surface area contributed by atoms with E-state index in [1.807, 2.05) is 6.08 Å². The summed E-state index contributed by atoms with van der Waals surface area (Å²) >= 11 is 0. The number of hydrogen-bond donors (Lipinski definition) is 0. The van der Waals surface area contributed by atoms with E-state index in [-0.39, 0.29) is 5.41 Å². The highest BCUT2D eigenvalue weighted by Gasteiger charge is 2.42. The molecule has 0 saturated heterocycles. The quantitative estimate of drug-likeness (QED) is 0.102. The summed E-state index contributed by atoms with van der Waals surface area (Å²) in [6.07, 6.45) is 18.9. The van der Waals surface area contributed by atoms with Crippen LogP contribution >= 0.6 is 0 Å². The van der Waals surface area contributed by atoms with E-state index in [1.54, 1.807) is 33.4 Å². The Morgan fingerprint density at radius 3 is 1.78 bits per heavy atom. The minimum absolute atomic E-state index is 0.0447. The average molecular weight is 606 g/mol. The van der Waals surface area contributed by atoms with Gasteiger partial charge in [-0.15, -0.1) is 0 Å². The second kappa shape index (κ2) is 13.1. The fourth-order valence-electron chi connectivity index (χ4n) is 8.64. The molecule has 0 amide bonds. The first-order valence-electron chi connectivity index (χ1n) is 18.0. The van der Waals surface area contributed by atoms with Gasteiger partial charge in [0.15, 0.2) is 0 Å². The van der Waals surface area contributed by atoms with Crippen LogP contribution in [-0.2, 0) is 43.9 Å². The smallest absolute Gasteiger partial charge is 0.0411 e. The Labute approximate surface area is 278 Å². The summed E-state index contributed by atoms with van der Waals surface area (Å²) in [6.45, 7) is 11.7. The summed E-state index contributed by atoms with van der Waals surface area (Å²) in [5.41, 5.74) is 19.4. The Balaban J connectivity index is 1.19. The summed E-state index contributed by atoms with van der Waals surface area (Å²) in [5, 5.41) is 0. The molecule has 236 valence electrons. The molecule has 0 atom stereocenters. The number of anilines is 1. The van der Waals surface area contributed by atoms with Gasteiger partial charge in [-0.25, -0.2) is 0 Å². The van der Waals surface area contributed by atoms with Crippen molar-refractivity contribution in [3.05, 3.63) is 147 Å². The number of nitrogens with zero attached hydrogens (tertiary/aromatic N) is 1. The molecule has 0 saturated carbocycles. The second-order valence-corrected chi connectivity index (χ2v) is 14.3. The number of allylic oxidation sites excluding steroid dienone is 3. The standard InChI is InChI=1S/C45H51N/c1-5-11-33(4)46(6-2)40-23-25-42-41-24-14-32(3)28-43(41)45(44(42)31-40,26-9-7-12-34-15-17-36-19-21-38(36)29-34)27-10-8-13-35-16-18-37-20-22-39(37)30-35/h5,11,14-18,23-25,28-31H,1,6-10,12-13,19-22,26-27H2,2-4H3/b33-11+. The van der Waals surface area contributed by atoms with Gasteiger partial charge in [-0.05, 0) is 159 Å². The van der Waals surface area contributed by atoms with Crippen LogP contribution in [0, 0.1) is 6.92 Å². The Morgan fingerprint density at radius 1 is 0.696 bits per heavy atom. The molecule has 0 spiro atoms. The van der Waals surface area contributed by atoms with Crippen molar-refractivity contribution in [2.75, 3.05) is 11.4 Å². The summed E-state index contributed by atoms with van der Waals surface area (Å²) in [5.74, 6) is 0. The zero-order chi connectivity index (χ0) is 31.7. The molecule has 3 aliphatic carbocycles. The summed E-state index contributed by atoms with van der Waals surface area (Å²) < 4.78 is 0. The van der Waals surface area contributed by atoms with Gasteiger partial charge in [0, 0.05) is 23.3 Å². The molecular formula is C45H51N. The lowest BCUT2D eigenvalue weighted by Crippen LogP contribution is -2.27. The molecule has 1 nitrogen and oxygen atoms in total. The molecule has 0 aromatic heterocycles.